The third kappa shape index (κ3) is 2.14. The van der Waals surface area contributed by atoms with Crippen LogP contribution in [-0.4, -0.2) is 10.1 Å². The fraction of sp³-hybridized carbons (Fsp3) is 0.0667. The Balaban J connectivity index is 2.04. The van der Waals surface area contributed by atoms with Crippen LogP contribution in [0.2, 0.25) is 0 Å². The smallest absolute Gasteiger partial charge is 0.260 e. The lowest BCUT2D eigenvalue weighted by Gasteiger charge is -2.00. The molecule has 0 atom stereocenters. The highest BCUT2D eigenvalue weighted by Crippen LogP contribution is 2.27. The summed E-state index contributed by atoms with van der Waals surface area (Å²) in [6.07, 6.45) is 0. The molecule has 0 aliphatic rings. The van der Waals surface area contributed by atoms with Gasteiger partial charge in [-0.15, -0.1) is 0 Å². The average molecular weight is 269 g/mol. The summed E-state index contributed by atoms with van der Waals surface area (Å²) >= 11 is 0. The van der Waals surface area contributed by atoms with Gasteiger partial charge in [0.1, 0.15) is 5.82 Å². The van der Waals surface area contributed by atoms with Crippen molar-refractivity contribution < 1.29 is 8.91 Å². The maximum Gasteiger partial charge on any atom is 0.260 e. The standard InChI is InChI=1S/C15H12FN3O/c1-9-8-10(16)6-7-11(9)14-18-15(20-19-14)12-4-2-3-5-13(12)17/h2-8H,17H2,1H3. The van der Waals surface area contributed by atoms with Gasteiger partial charge in [-0.25, -0.2) is 4.39 Å². The third-order valence-electron chi connectivity index (χ3n) is 3.05. The van der Waals surface area contributed by atoms with Gasteiger partial charge in [-0.05, 0) is 42.8 Å². The van der Waals surface area contributed by atoms with Gasteiger partial charge in [-0.1, -0.05) is 17.3 Å². The number of aromatic nitrogens is 2. The molecule has 0 aliphatic heterocycles. The minimum Gasteiger partial charge on any atom is -0.398 e. The second-order valence-corrected chi connectivity index (χ2v) is 4.47. The number of nitrogens with two attached hydrogens (primary N) is 1. The Morgan fingerprint density at radius 2 is 1.90 bits per heavy atom. The van der Waals surface area contributed by atoms with E-state index in [0.717, 1.165) is 11.1 Å². The molecule has 1 heterocycles. The number of hydrogen-bond donors (Lipinski definition) is 1. The first-order chi connectivity index (χ1) is 9.65. The van der Waals surface area contributed by atoms with Gasteiger partial charge in [-0.2, -0.15) is 4.98 Å². The summed E-state index contributed by atoms with van der Waals surface area (Å²) in [6, 6.07) is 11.7. The van der Waals surface area contributed by atoms with E-state index in [0.29, 0.717) is 23.0 Å². The van der Waals surface area contributed by atoms with Crippen LogP contribution >= 0.6 is 0 Å². The molecule has 3 rings (SSSR count). The van der Waals surface area contributed by atoms with E-state index in [1.807, 2.05) is 18.2 Å². The van der Waals surface area contributed by atoms with Gasteiger partial charge in [0, 0.05) is 11.3 Å². The van der Waals surface area contributed by atoms with Gasteiger partial charge in [0.15, 0.2) is 0 Å². The van der Waals surface area contributed by atoms with Crippen LogP contribution in [0.1, 0.15) is 5.56 Å². The molecule has 20 heavy (non-hydrogen) atoms. The van der Waals surface area contributed by atoms with Crippen LogP contribution in [0.3, 0.4) is 0 Å². The Hall–Kier alpha value is -2.69. The Kier molecular flexibility index (Phi) is 2.95. The van der Waals surface area contributed by atoms with Crippen molar-refractivity contribution in [2.45, 2.75) is 6.92 Å². The van der Waals surface area contributed by atoms with E-state index in [1.54, 1.807) is 19.1 Å². The Morgan fingerprint density at radius 3 is 2.65 bits per heavy atom. The second kappa shape index (κ2) is 4.77. The second-order valence-electron chi connectivity index (χ2n) is 4.47. The molecule has 5 heteroatoms. The quantitative estimate of drug-likeness (QED) is 0.724. The Bertz CT molecular complexity index is 767. The molecule has 4 nitrogen and oxygen atoms in total. The molecule has 2 aromatic carbocycles. The number of para-hydroxylation sites is 1. The van der Waals surface area contributed by atoms with Crippen molar-refractivity contribution in [3.05, 3.63) is 53.8 Å². The summed E-state index contributed by atoms with van der Waals surface area (Å²) in [4.78, 5) is 4.32. The molecule has 0 radical (unpaired) electrons. The van der Waals surface area contributed by atoms with E-state index < -0.39 is 0 Å². The van der Waals surface area contributed by atoms with Gasteiger partial charge in [0.05, 0.1) is 5.56 Å². The summed E-state index contributed by atoms with van der Waals surface area (Å²) in [7, 11) is 0. The van der Waals surface area contributed by atoms with Crippen LogP contribution in [0.25, 0.3) is 22.8 Å². The number of nitrogens with zero attached hydrogens (tertiary/aromatic N) is 2. The molecule has 3 aromatic rings. The number of aryl methyl sites for hydroxylation is 1. The lowest BCUT2D eigenvalue weighted by molar-refractivity contribution is 0.432. The van der Waals surface area contributed by atoms with Crippen molar-refractivity contribution in [3.63, 3.8) is 0 Å². The van der Waals surface area contributed by atoms with Crippen LogP contribution < -0.4 is 5.73 Å². The number of rotatable bonds is 2. The first kappa shape index (κ1) is 12.3. The van der Waals surface area contributed by atoms with Crippen molar-refractivity contribution >= 4 is 5.69 Å². The van der Waals surface area contributed by atoms with Crippen LogP contribution in [0.4, 0.5) is 10.1 Å². The average Bonchev–Trinajstić information content (AvgIpc) is 2.88. The summed E-state index contributed by atoms with van der Waals surface area (Å²) in [5.74, 6) is 0.477. The molecule has 0 fully saturated rings. The largest absolute Gasteiger partial charge is 0.398 e. The van der Waals surface area contributed by atoms with Crippen molar-refractivity contribution in [1.82, 2.24) is 10.1 Å². The van der Waals surface area contributed by atoms with Gasteiger partial charge in [-0.3, -0.25) is 0 Å². The molecule has 0 saturated carbocycles. The van der Waals surface area contributed by atoms with Crippen LogP contribution in [-0.2, 0) is 0 Å². The number of anilines is 1. The molecular formula is C15H12FN3O. The molecule has 0 aliphatic carbocycles. The molecule has 0 bridgehead atoms. The highest BCUT2D eigenvalue weighted by molar-refractivity contribution is 5.71. The van der Waals surface area contributed by atoms with Gasteiger partial charge >= 0.3 is 0 Å². The number of halogens is 1. The van der Waals surface area contributed by atoms with E-state index in [2.05, 4.69) is 10.1 Å². The SMILES string of the molecule is Cc1cc(F)ccc1-c1noc(-c2ccccc2N)n1. The lowest BCUT2D eigenvalue weighted by atomic mass is 10.1. The summed E-state index contributed by atoms with van der Waals surface area (Å²) in [5, 5.41) is 3.93. The zero-order valence-electron chi connectivity index (χ0n) is 10.8. The summed E-state index contributed by atoms with van der Waals surface area (Å²) in [6.45, 7) is 1.80. The van der Waals surface area contributed by atoms with Gasteiger partial charge in [0.2, 0.25) is 5.82 Å². The van der Waals surface area contributed by atoms with E-state index in [9.17, 15) is 4.39 Å². The maximum absolute atomic E-state index is 13.1. The van der Waals surface area contributed by atoms with E-state index >= 15 is 0 Å². The highest BCUT2D eigenvalue weighted by Gasteiger charge is 2.14. The van der Waals surface area contributed by atoms with Gasteiger partial charge < -0.3 is 10.3 Å². The normalized spacial score (nSPS) is 10.7. The van der Waals surface area contributed by atoms with E-state index in [1.165, 1.54) is 12.1 Å². The summed E-state index contributed by atoms with van der Waals surface area (Å²) in [5.41, 5.74) is 8.61. The predicted molar refractivity (Wildman–Crippen MR) is 74.3 cm³/mol. The monoisotopic (exact) mass is 269 g/mol. The first-order valence-electron chi connectivity index (χ1n) is 6.10. The van der Waals surface area contributed by atoms with Crippen molar-refractivity contribution in [1.29, 1.82) is 0 Å². The highest BCUT2D eigenvalue weighted by atomic mass is 19.1. The predicted octanol–water partition coefficient (Wildman–Crippen LogP) is 3.43. The summed E-state index contributed by atoms with van der Waals surface area (Å²) < 4.78 is 18.3. The molecule has 2 N–H and O–H groups in total. The number of nitrogen functional groups attached to an aromatic ring is 1. The van der Waals surface area contributed by atoms with E-state index in [-0.39, 0.29) is 5.82 Å². The fourth-order valence-corrected chi connectivity index (χ4v) is 2.01. The van der Waals surface area contributed by atoms with Crippen molar-refractivity contribution in [2.75, 3.05) is 5.73 Å². The molecular weight excluding hydrogens is 257 g/mol. The molecule has 0 amide bonds. The van der Waals surface area contributed by atoms with Gasteiger partial charge in [0.25, 0.3) is 5.89 Å². The molecule has 100 valence electrons. The Labute approximate surface area is 115 Å². The molecule has 1 aromatic heterocycles. The first-order valence-corrected chi connectivity index (χ1v) is 6.10. The van der Waals surface area contributed by atoms with Crippen molar-refractivity contribution in [2.24, 2.45) is 0 Å². The minimum absolute atomic E-state index is 0.290. The minimum atomic E-state index is -0.290. The third-order valence-corrected chi connectivity index (χ3v) is 3.05. The lowest BCUT2D eigenvalue weighted by Crippen LogP contribution is -1.90. The van der Waals surface area contributed by atoms with E-state index in [4.69, 9.17) is 10.3 Å². The topological polar surface area (TPSA) is 64.9 Å². The number of hydrogen-bond acceptors (Lipinski definition) is 4. The zero-order chi connectivity index (χ0) is 14.1. The molecule has 0 unspecified atom stereocenters. The van der Waals surface area contributed by atoms with Crippen molar-refractivity contribution in [3.8, 4) is 22.8 Å². The van der Waals surface area contributed by atoms with Crippen LogP contribution in [0.15, 0.2) is 47.0 Å². The Morgan fingerprint density at radius 1 is 1.10 bits per heavy atom. The molecule has 0 spiro atoms. The maximum atomic E-state index is 13.1. The number of benzene rings is 2. The molecule has 0 saturated heterocycles. The van der Waals surface area contributed by atoms with Crippen LogP contribution in [0, 0.1) is 12.7 Å². The zero-order valence-corrected chi connectivity index (χ0v) is 10.8. The fourth-order valence-electron chi connectivity index (χ4n) is 2.01. The van der Waals surface area contributed by atoms with Crippen LogP contribution in [0.5, 0.6) is 0 Å².